The molecule has 1 heterocycles. The highest BCUT2D eigenvalue weighted by Crippen LogP contribution is 2.35. The van der Waals surface area contributed by atoms with E-state index in [-0.39, 0.29) is 6.61 Å². The number of aromatic nitrogens is 1. The number of benzene rings is 3. The molecule has 0 radical (unpaired) electrons. The number of thiazole rings is 1. The van der Waals surface area contributed by atoms with Gasteiger partial charge in [0.05, 0.1) is 6.61 Å². The fourth-order valence-electron chi connectivity index (χ4n) is 3.31. The standard InChI is InChI=1S/C23H21NO3S/c1-26-23(16-25,22-24-11-12-28-22)20-7-4-8-21(14-20)27-15-17-9-10-18-5-2-3-6-19(18)13-17/h2-14,25H,15-16H2,1H3. The molecule has 4 aromatic rings. The molecule has 0 fully saturated rings. The summed E-state index contributed by atoms with van der Waals surface area (Å²) in [5, 5.41) is 15.1. The lowest BCUT2D eigenvalue weighted by atomic mass is 9.95. The largest absolute Gasteiger partial charge is 0.489 e. The predicted octanol–water partition coefficient (Wildman–Crippen LogP) is 4.76. The molecule has 5 heteroatoms. The molecule has 1 aromatic heterocycles. The molecule has 0 bridgehead atoms. The van der Waals surface area contributed by atoms with E-state index in [2.05, 4.69) is 35.3 Å². The van der Waals surface area contributed by atoms with Gasteiger partial charge in [0.15, 0.2) is 5.60 Å². The molecule has 1 unspecified atom stereocenters. The van der Waals surface area contributed by atoms with Gasteiger partial charge in [-0.25, -0.2) is 4.98 Å². The van der Waals surface area contributed by atoms with E-state index in [1.165, 1.54) is 22.1 Å². The molecule has 0 aliphatic rings. The van der Waals surface area contributed by atoms with E-state index in [4.69, 9.17) is 9.47 Å². The third-order valence-corrected chi connectivity index (χ3v) is 5.78. The number of methoxy groups -OCH3 is 1. The first-order valence-electron chi connectivity index (χ1n) is 9.02. The van der Waals surface area contributed by atoms with Gasteiger partial charge in [0, 0.05) is 18.7 Å². The zero-order valence-electron chi connectivity index (χ0n) is 15.5. The Morgan fingerprint density at radius 3 is 2.61 bits per heavy atom. The number of aliphatic hydroxyl groups excluding tert-OH is 1. The van der Waals surface area contributed by atoms with Crippen LogP contribution in [0.1, 0.15) is 16.1 Å². The Morgan fingerprint density at radius 1 is 1.00 bits per heavy atom. The van der Waals surface area contributed by atoms with Crippen molar-refractivity contribution < 1.29 is 14.6 Å². The summed E-state index contributed by atoms with van der Waals surface area (Å²) in [4.78, 5) is 4.35. The Balaban J connectivity index is 1.58. The third kappa shape index (κ3) is 3.52. The number of hydrogen-bond donors (Lipinski definition) is 1. The maximum Gasteiger partial charge on any atom is 0.167 e. The summed E-state index contributed by atoms with van der Waals surface area (Å²) in [6, 6.07) is 22.2. The Hall–Kier alpha value is -2.73. The van der Waals surface area contributed by atoms with E-state index in [1.54, 1.807) is 13.3 Å². The first kappa shape index (κ1) is 18.6. The van der Waals surface area contributed by atoms with E-state index in [1.807, 2.05) is 41.8 Å². The topological polar surface area (TPSA) is 51.6 Å². The highest BCUT2D eigenvalue weighted by atomic mass is 32.1. The van der Waals surface area contributed by atoms with E-state index in [9.17, 15) is 5.11 Å². The fourth-order valence-corrected chi connectivity index (χ4v) is 4.14. The van der Waals surface area contributed by atoms with Gasteiger partial charge >= 0.3 is 0 Å². The molecule has 0 amide bonds. The average molecular weight is 391 g/mol. The van der Waals surface area contributed by atoms with Crippen molar-refractivity contribution in [3.05, 3.63) is 94.4 Å². The van der Waals surface area contributed by atoms with Gasteiger partial charge in [0.25, 0.3) is 0 Å². The summed E-state index contributed by atoms with van der Waals surface area (Å²) in [5.74, 6) is 0.720. The first-order valence-corrected chi connectivity index (χ1v) is 9.90. The number of fused-ring (bicyclic) bond motifs is 1. The first-order chi connectivity index (χ1) is 13.7. The van der Waals surface area contributed by atoms with Crippen LogP contribution in [0.25, 0.3) is 10.8 Å². The van der Waals surface area contributed by atoms with Gasteiger partial charge in [0.1, 0.15) is 17.4 Å². The van der Waals surface area contributed by atoms with Crippen LogP contribution < -0.4 is 4.74 Å². The molecule has 0 aliphatic heterocycles. The maximum atomic E-state index is 10.1. The van der Waals surface area contributed by atoms with Gasteiger partial charge < -0.3 is 14.6 Å². The number of aliphatic hydroxyl groups is 1. The quantitative estimate of drug-likeness (QED) is 0.494. The molecule has 28 heavy (non-hydrogen) atoms. The lowest BCUT2D eigenvalue weighted by Gasteiger charge is -2.29. The van der Waals surface area contributed by atoms with Gasteiger partial charge in [-0.05, 0) is 40.1 Å². The monoisotopic (exact) mass is 391 g/mol. The summed E-state index contributed by atoms with van der Waals surface area (Å²) in [5.41, 5.74) is 0.920. The van der Waals surface area contributed by atoms with Crippen molar-refractivity contribution >= 4 is 22.1 Å². The zero-order valence-corrected chi connectivity index (χ0v) is 16.4. The highest BCUT2D eigenvalue weighted by Gasteiger charge is 2.36. The van der Waals surface area contributed by atoms with Gasteiger partial charge in [-0.3, -0.25) is 0 Å². The summed E-state index contributed by atoms with van der Waals surface area (Å²) in [7, 11) is 1.58. The minimum Gasteiger partial charge on any atom is -0.489 e. The molecule has 1 N–H and O–H groups in total. The van der Waals surface area contributed by atoms with Gasteiger partial charge in [-0.2, -0.15) is 0 Å². The minimum atomic E-state index is -0.990. The van der Waals surface area contributed by atoms with Crippen molar-refractivity contribution in [2.24, 2.45) is 0 Å². The molecule has 3 aromatic carbocycles. The van der Waals surface area contributed by atoms with Crippen LogP contribution in [0, 0.1) is 0 Å². The molecular formula is C23H21NO3S. The zero-order chi connectivity index (χ0) is 19.4. The number of rotatable bonds is 7. The van der Waals surface area contributed by atoms with Crippen molar-refractivity contribution in [2.45, 2.75) is 12.2 Å². The number of ether oxygens (including phenoxy) is 2. The van der Waals surface area contributed by atoms with Gasteiger partial charge in [-0.15, -0.1) is 11.3 Å². The molecule has 0 aliphatic carbocycles. The Kier molecular flexibility index (Phi) is 5.39. The van der Waals surface area contributed by atoms with Crippen molar-refractivity contribution in [3.63, 3.8) is 0 Å². The van der Waals surface area contributed by atoms with E-state index in [0.717, 1.165) is 16.9 Å². The van der Waals surface area contributed by atoms with Crippen LogP contribution in [0.2, 0.25) is 0 Å². The second kappa shape index (κ2) is 8.10. The highest BCUT2D eigenvalue weighted by molar-refractivity contribution is 7.09. The van der Waals surface area contributed by atoms with Crippen LogP contribution in [-0.4, -0.2) is 23.8 Å². The molecule has 142 valence electrons. The molecule has 4 rings (SSSR count). The summed E-state index contributed by atoms with van der Waals surface area (Å²) >= 11 is 1.45. The fraction of sp³-hybridized carbons (Fsp3) is 0.174. The Bertz CT molecular complexity index is 1060. The van der Waals surface area contributed by atoms with Crippen LogP contribution in [0.15, 0.2) is 78.3 Å². The molecule has 0 saturated carbocycles. The van der Waals surface area contributed by atoms with Gasteiger partial charge in [0.2, 0.25) is 0 Å². The van der Waals surface area contributed by atoms with E-state index in [0.29, 0.717) is 11.6 Å². The predicted molar refractivity (Wildman–Crippen MR) is 112 cm³/mol. The molecule has 0 spiro atoms. The molecule has 4 nitrogen and oxygen atoms in total. The molecule has 1 atom stereocenters. The smallest absolute Gasteiger partial charge is 0.167 e. The van der Waals surface area contributed by atoms with Crippen LogP contribution in [-0.2, 0) is 16.9 Å². The van der Waals surface area contributed by atoms with Crippen molar-refractivity contribution in [1.29, 1.82) is 0 Å². The minimum absolute atomic E-state index is 0.203. The molecule has 0 saturated heterocycles. The summed E-state index contributed by atoms with van der Waals surface area (Å²) < 4.78 is 11.8. The van der Waals surface area contributed by atoms with E-state index >= 15 is 0 Å². The van der Waals surface area contributed by atoms with Crippen molar-refractivity contribution in [2.75, 3.05) is 13.7 Å². The molecular weight excluding hydrogens is 370 g/mol. The summed E-state index contributed by atoms with van der Waals surface area (Å²) in [6.07, 6.45) is 1.71. The van der Waals surface area contributed by atoms with Crippen molar-refractivity contribution in [1.82, 2.24) is 4.98 Å². The van der Waals surface area contributed by atoms with Crippen LogP contribution in [0.3, 0.4) is 0 Å². The van der Waals surface area contributed by atoms with Crippen molar-refractivity contribution in [3.8, 4) is 5.75 Å². The maximum absolute atomic E-state index is 10.1. The Labute approximate surface area is 168 Å². The normalized spacial score (nSPS) is 13.4. The van der Waals surface area contributed by atoms with Crippen LogP contribution >= 0.6 is 11.3 Å². The number of hydrogen-bond acceptors (Lipinski definition) is 5. The number of nitrogens with zero attached hydrogens (tertiary/aromatic N) is 1. The van der Waals surface area contributed by atoms with Crippen LogP contribution in [0.4, 0.5) is 0 Å². The van der Waals surface area contributed by atoms with E-state index < -0.39 is 5.60 Å². The second-order valence-electron chi connectivity index (χ2n) is 6.52. The summed E-state index contributed by atoms with van der Waals surface area (Å²) in [6.45, 7) is 0.260. The van der Waals surface area contributed by atoms with Gasteiger partial charge in [-0.1, -0.05) is 48.5 Å². The lowest BCUT2D eigenvalue weighted by Crippen LogP contribution is -2.34. The average Bonchev–Trinajstić information content (AvgIpc) is 3.29. The van der Waals surface area contributed by atoms with Crippen LogP contribution in [0.5, 0.6) is 5.75 Å². The SMILES string of the molecule is COC(CO)(c1cccc(OCc2ccc3ccccc3c2)c1)c1nccs1. The lowest BCUT2D eigenvalue weighted by molar-refractivity contribution is -0.0245. The Morgan fingerprint density at radius 2 is 1.86 bits per heavy atom. The second-order valence-corrected chi connectivity index (χ2v) is 7.42. The third-order valence-electron chi connectivity index (χ3n) is 4.87.